The fourth-order valence-electron chi connectivity index (χ4n) is 2.60. The number of alkyl halides is 3. The van der Waals surface area contributed by atoms with Crippen molar-refractivity contribution in [3.8, 4) is 17.6 Å². The van der Waals surface area contributed by atoms with Crippen LogP contribution < -0.4 is 10.1 Å². The number of nitrogens with one attached hydrogen (secondary N) is 1. The van der Waals surface area contributed by atoms with Gasteiger partial charge in [-0.05, 0) is 60.3 Å². The number of amides is 2. The van der Waals surface area contributed by atoms with Crippen molar-refractivity contribution in [1.29, 1.82) is 0 Å². The van der Waals surface area contributed by atoms with Crippen LogP contribution in [0.3, 0.4) is 0 Å². The zero-order valence-corrected chi connectivity index (χ0v) is 16.8. The first-order chi connectivity index (χ1) is 14.4. The largest absolute Gasteiger partial charge is 0.573 e. The van der Waals surface area contributed by atoms with Crippen molar-refractivity contribution in [2.75, 3.05) is 0 Å². The van der Waals surface area contributed by atoms with E-state index >= 15 is 0 Å². The highest BCUT2D eigenvalue weighted by molar-refractivity contribution is 8.25. The van der Waals surface area contributed by atoms with E-state index in [4.69, 9.17) is 0 Å². The van der Waals surface area contributed by atoms with Crippen molar-refractivity contribution in [1.82, 2.24) is 5.32 Å². The minimum Gasteiger partial charge on any atom is -0.406 e. The molecule has 3 rings (SSSR count). The Labute approximate surface area is 177 Å². The van der Waals surface area contributed by atoms with Crippen molar-refractivity contribution in [2.24, 2.45) is 0 Å². The lowest BCUT2D eigenvalue weighted by Crippen LogP contribution is -2.43. The molecule has 1 atom stereocenters. The van der Waals surface area contributed by atoms with Crippen LogP contribution in [0.4, 0.5) is 22.4 Å². The molecule has 6 nitrogen and oxygen atoms in total. The lowest BCUT2D eigenvalue weighted by atomic mass is 10.2. The van der Waals surface area contributed by atoms with Gasteiger partial charge in [0.05, 0.1) is 4.90 Å². The van der Waals surface area contributed by atoms with Gasteiger partial charge in [0.2, 0.25) is 13.9 Å². The van der Waals surface area contributed by atoms with E-state index in [2.05, 4.69) is 16.6 Å². The summed E-state index contributed by atoms with van der Waals surface area (Å²) in [5.41, 5.74) is 0.221. The van der Waals surface area contributed by atoms with E-state index in [1.807, 2.05) is 5.32 Å². The van der Waals surface area contributed by atoms with Crippen LogP contribution in [0.1, 0.15) is 12.0 Å². The van der Waals surface area contributed by atoms with Crippen molar-refractivity contribution >= 4 is 32.7 Å². The second-order valence-electron chi connectivity index (χ2n) is 6.10. The van der Waals surface area contributed by atoms with Gasteiger partial charge in [0, 0.05) is 12.0 Å². The first-order valence-corrected chi connectivity index (χ1v) is 10.6. The fourth-order valence-corrected chi connectivity index (χ4v) is 5.72. The normalized spacial score (nSPS) is 18.8. The van der Waals surface area contributed by atoms with Gasteiger partial charge in [0.15, 0.2) is 0 Å². The van der Waals surface area contributed by atoms with Crippen molar-refractivity contribution in [2.45, 2.75) is 21.8 Å². The second-order valence-corrected chi connectivity index (χ2v) is 9.81. The number of hydrogen-bond acceptors (Lipinski definition) is 6. The van der Waals surface area contributed by atoms with Gasteiger partial charge in [-0.3, -0.25) is 14.9 Å². The summed E-state index contributed by atoms with van der Waals surface area (Å²) in [5, 5.41) is 1.03. The number of carbonyl (C=O) groups excluding carboxylic acids is 2. The zero-order valence-electron chi connectivity index (χ0n) is 15.2. The minimum absolute atomic E-state index is 0.221. The molecule has 1 aliphatic rings. The van der Waals surface area contributed by atoms with Crippen LogP contribution in [0.15, 0.2) is 53.4 Å². The Balaban J connectivity index is 1.90. The number of imide groups is 1. The monoisotopic (exact) mass is 473 g/mol. The number of halogens is 4. The van der Waals surface area contributed by atoms with E-state index in [9.17, 15) is 35.6 Å². The van der Waals surface area contributed by atoms with Crippen LogP contribution in [-0.4, -0.2) is 30.0 Å². The Morgan fingerprint density at radius 1 is 1.03 bits per heavy atom. The van der Waals surface area contributed by atoms with Gasteiger partial charge in [0.1, 0.15) is 11.6 Å². The minimum atomic E-state index is -4.85. The molecular formula is C19H11F4NO5S2. The summed E-state index contributed by atoms with van der Waals surface area (Å²) in [5.74, 6) is 2.78. The zero-order chi connectivity index (χ0) is 22.9. The molecule has 0 aliphatic carbocycles. The summed E-state index contributed by atoms with van der Waals surface area (Å²) in [6.07, 6.45) is -5.45. The van der Waals surface area contributed by atoms with Crippen LogP contribution in [-0.2, 0) is 14.6 Å². The maximum Gasteiger partial charge on any atom is 0.573 e. The molecule has 0 radical (unpaired) electrons. The third-order valence-electron chi connectivity index (χ3n) is 4.02. The van der Waals surface area contributed by atoms with E-state index in [1.54, 1.807) is 0 Å². The first-order valence-electron chi connectivity index (χ1n) is 8.32. The number of thioether (sulfide) groups is 1. The van der Waals surface area contributed by atoms with Crippen molar-refractivity contribution < 1.29 is 40.3 Å². The highest BCUT2D eigenvalue weighted by atomic mass is 32.3. The molecule has 1 aliphatic heterocycles. The summed E-state index contributed by atoms with van der Waals surface area (Å²) in [6.45, 7) is 0. The topological polar surface area (TPSA) is 89.5 Å². The van der Waals surface area contributed by atoms with Crippen LogP contribution in [0, 0.1) is 17.7 Å². The Morgan fingerprint density at radius 2 is 1.65 bits per heavy atom. The molecule has 0 saturated carbocycles. The predicted octanol–water partition coefficient (Wildman–Crippen LogP) is 3.62. The molecule has 0 aromatic heterocycles. The van der Waals surface area contributed by atoms with Gasteiger partial charge >= 0.3 is 6.36 Å². The predicted molar refractivity (Wildman–Crippen MR) is 102 cm³/mol. The van der Waals surface area contributed by atoms with Gasteiger partial charge in [-0.1, -0.05) is 11.8 Å². The van der Waals surface area contributed by atoms with Crippen molar-refractivity contribution in [3.63, 3.8) is 0 Å². The Kier molecular flexibility index (Phi) is 6.02. The number of sulfone groups is 1. The molecule has 1 unspecified atom stereocenters. The van der Waals surface area contributed by atoms with E-state index in [1.165, 1.54) is 12.1 Å². The molecule has 0 bridgehead atoms. The van der Waals surface area contributed by atoms with E-state index < -0.39 is 49.4 Å². The van der Waals surface area contributed by atoms with Crippen LogP contribution in [0.2, 0.25) is 0 Å². The molecule has 2 aromatic rings. The molecule has 12 heteroatoms. The molecular weight excluding hydrogens is 462 g/mol. The molecule has 162 valence electrons. The SMILES string of the molecule is O=C1NC(=O)C(CC#Cc2ccc(OC(F)(F)F)cc2)(S(=O)(=O)c2ccc(F)cc2)S1. The number of carbonyl (C=O) groups is 2. The van der Waals surface area contributed by atoms with E-state index in [-0.39, 0.29) is 22.2 Å². The maximum absolute atomic E-state index is 13.2. The number of benzene rings is 2. The quantitative estimate of drug-likeness (QED) is 0.415. The van der Waals surface area contributed by atoms with Gasteiger partial charge in [-0.15, -0.1) is 13.2 Å². The summed E-state index contributed by atoms with van der Waals surface area (Å²) in [4.78, 5) is 23.8. The first kappa shape index (κ1) is 22.6. The van der Waals surface area contributed by atoms with E-state index in [0.717, 1.165) is 36.4 Å². The second kappa shape index (κ2) is 8.24. The van der Waals surface area contributed by atoms with Crippen LogP contribution in [0.25, 0.3) is 0 Å². The van der Waals surface area contributed by atoms with Crippen LogP contribution >= 0.6 is 11.8 Å². The Hall–Kier alpha value is -3.04. The highest BCUT2D eigenvalue weighted by Gasteiger charge is 2.58. The summed E-state index contributed by atoms with van der Waals surface area (Å²) < 4.78 is 77.4. The third kappa shape index (κ3) is 4.83. The molecule has 2 amide bonds. The van der Waals surface area contributed by atoms with Gasteiger partial charge in [-0.25, -0.2) is 12.8 Å². The lowest BCUT2D eigenvalue weighted by Gasteiger charge is -2.22. The van der Waals surface area contributed by atoms with Crippen molar-refractivity contribution in [3.05, 3.63) is 59.9 Å². The van der Waals surface area contributed by atoms with Gasteiger partial charge in [0.25, 0.3) is 11.1 Å². The fraction of sp³-hybridized carbons (Fsp3) is 0.158. The molecule has 0 spiro atoms. The number of hydrogen-bond donors (Lipinski definition) is 1. The third-order valence-corrected chi connectivity index (χ3v) is 7.96. The van der Waals surface area contributed by atoms with E-state index in [0.29, 0.717) is 0 Å². The molecule has 1 N–H and O–H groups in total. The summed E-state index contributed by atoms with van der Waals surface area (Å²) in [7, 11) is -4.46. The van der Waals surface area contributed by atoms with Gasteiger partial charge < -0.3 is 4.74 Å². The average molecular weight is 473 g/mol. The highest BCUT2D eigenvalue weighted by Crippen LogP contribution is 2.43. The molecule has 1 heterocycles. The van der Waals surface area contributed by atoms with Crippen LogP contribution in [0.5, 0.6) is 5.75 Å². The summed E-state index contributed by atoms with van der Waals surface area (Å²) >= 11 is 0.242. The Bertz CT molecular complexity index is 1180. The molecule has 2 aromatic carbocycles. The Morgan fingerprint density at radius 3 is 2.16 bits per heavy atom. The maximum atomic E-state index is 13.2. The molecule has 1 saturated heterocycles. The average Bonchev–Trinajstić information content (AvgIpc) is 2.97. The number of ether oxygens (including phenoxy) is 1. The van der Waals surface area contributed by atoms with Gasteiger partial charge in [-0.2, -0.15) is 0 Å². The summed E-state index contributed by atoms with van der Waals surface area (Å²) in [6, 6.07) is 8.19. The molecule has 31 heavy (non-hydrogen) atoms. The standard InChI is InChI=1S/C19H11F4NO5S2/c20-13-5-9-15(10-6-13)31(27,28)18(16(25)24-17(26)30-18)11-1-2-12-3-7-14(8-4-12)29-19(21,22)23/h3-10H,11H2,(H,24,25,26). The lowest BCUT2D eigenvalue weighted by molar-refractivity contribution is -0.274. The molecule has 1 fully saturated rings. The number of rotatable bonds is 4. The smallest absolute Gasteiger partial charge is 0.406 e.